The summed E-state index contributed by atoms with van der Waals surface area (Å²) in [6.07, 6.45) is 1.18. The van der Waals surface area contributed by atoms with E-state index in [2.05, 4.69) is 5.32 Å². The van der Waals surface area contributed by atoms with Crippen LogP contribution in [0.3, 0.4) is 0 Å². The van der Waals surface area contributed by atoms with Crippen molar-refractivity contribution in [2.24, 2.45) is 0 Å². The largest absolute Gasteiger partial charge is 0.352 e. The maximum atomic E-state index is 13.3. The number of amides is 2. The van der Waals surface area contributed by atoms with Crippen LogP contribution >= 0.6 is 46.4 Å². The molecule has 0 heterocycles. The average Bonchev–Trinajstić information content (AvgIpc) is 2.76. The van der Waals surface area contributed by atoms with Gasteiger partial charge in [-0.05, 0) is 57.5 Å². The molecule has 0 fully saturated rings. The lowest BCUT2D eigenvalue weighted by molar-refractivity contribution is -0.140. The number of hydrogen-bond acceptors (Lipinski definition) is 4. The fourth-order valence-electron chi connectivity index (χ4n) is 3.50. The van der Waals surface area contributed by atoms with Gasteiger partial charge in [0.25, 0.3) is 0 Å². The van der Waals surface area contributed by atoms with E-state index in [1.54, 1.807) is 31.2 Å². The van der Waals surface area contributed by atoms with Crippen LogP contribution in [0.5, 0.6) is 0 Å². The Kier molecular flexibility index (Phi) is 11.2. The number of carbonyl (C=O) groups excluding carboxylic acids is 2. The van der Waals surface area contributed by atoms with Crippen molar-refractivity contribution in [1.29, 1.82) is 0 Å². The van der Waals surface area contributed by atoms with Gasteiger partial charge in [-0.1, -0.05) is 52.5 Å². The molecule has 7 nitrogen and oxygen atoms in total. The zero-order valence-electron chi connectivity index (χ0n) is 20.4. The zero-order chi connectivity index (χ0) is 27.2. The van der Waals surface area contributed by atoms with Crippen LogP contribution in [0.1, 0.15) is 39.2 Å². The van der Waals surface area contributed by atoms with Crippen LogP contribution < -0.4 is 9.62 Å². The molecule has 0 bridgehead atoms. The number of sulfonamides is 1. The lowest BCUT2D eigenvalue weighted by atomic mass is 10.1. The Morgan fingerprint density at radius 2 is 1.58 bits per heavy atom. The minimum atomic E-state index is -3.71. The number of hydrogen-bond donors (Lipinski definition) is 1. The highest BCUT2D eigenvalue weighted by atomic mass is 35.5. The third kappa shape index (κ3) is 8.42. The van der Waals surface area contributed by atoms with E-state index in [0.717, 1.165) is 10.6 Å². The van der Waals surface area contributed by atoms with Gasteiger partial charge in [-0.25, -0.2) is 8.42 Å². The van der Waals surface area contributed by atoms with Gasteiger partial charge in [-0.15, -0.1) is 0 Å². The number of halogens is 4. The molecular weight excluding hydrogens is 568 g/mol. The molecule has 0 radical (unpaired) electrons. The van der Waals surface area contributed by atoms with E-state index in [1.165, 1.54) is 17.0 Å². The number of anilines is 1. The van der Waals surface area contributed by atoms with E-state index in [9.17, 15) is 18.0 Å². The predicted molar refractivity (Wildman–Crippen MR) is 148 cm³/mol. The van der Waals surface area contributed by atoms with Gasteiger partial charge in [0.2, 0.25) is 21.8 Å². The second kappa shape index (κ2) is 13.2. The second-order valence-corrected chi connectivity index (χ2v) is 12.2. The number of nitrogens with zero attached hydrogens (tertiary/aromatic N) is 2. The van der Waals surface area contributed by atoms with E-state index < -0.39 is 16.1 Å². The number of benzene rings is 2. The minimum Gasteiger partial charge on any atom is -0.352 e. The highest BCUT2D eigenvalue weighted by molar-refractivity contribution is 7.92. The summed E-state index contributed by atoms with van der Waals surface area (Å²) >= 11 is 24.9. The zero-order valence-corrected chi connectivity index (χ0v) is 24.2. The summed E-state index contributed by atoms with van der Waals surface area (Å²) in [4.78, 5) is 27.5. The van der Waals surface area contributed by atoms with E-state index in [0.29, 0.717) is 20.6 Å². The molecule has 0 unspecified atom stereocenters. The summed E-state index contributed by atoms with van der Waals surface area (Å²) < 4.78 is 26.0. The Balaban J connectivity index is 2.26. The maximum Gasteiger partial charge on any atom is 0.242 e. The molecule has 0 saturated carbocycles. The van der Waals surface area contributed by atoms with Gasteiger partial charge >= 0.3 is 0 Å². The number of carbonyl (C=O) groups is 2. The SMILES string of the molecule is CC(C)NC(=O)[C@@H](C)N(Cc1c(Cl)cccc1Cl)C(=O)CCCN(c1cc(Cl)ccc1Cl)S(C)(=O)=O. The van der Waals surface area contributed by atoms with Gasteiger partial charge < -0.3 is 10.2 Å². The third-order valence-corrected chi connectivity index (χ3v) is 7.76. The Hall–Kier alpha value is -1.71. The summed E-state index contributed by atoms with van der Waals surface area (Å²) in [6, 6.07) is 8.58. The lowest BCUT2D eigenvalue weighted by Crippen LogP contribution is -2.49. The molecule has 2 amide bonds. The molecular formula is C24H29Cl4N3O4S. The molecule has 36 heavy (non-hydrogen) atoms. The smallest absolute Gasteiger partial charge is 0.242 e. The molecule has 0 aliphatic heterocycles. The van der Waals surface area contributed by atoms with Crippen LogP contribution in [0.15, 0.2) is 36.4 Å². The van der Waals surface area contributed by atoms with Crippen LogP contribution in [-0.4, -0.2) is 50.0 Å². The van der Waals surface area contributed by atoms with E-state index in [4.69, 9.17) is 46.4 Å². The number of nitrogens with one attached hydrogen (secondary N) is 1. The van der Waals surface area contributed by atoms with Crippen molar-refractivity contribution in [3.8, 4) is 0 Å². The van der Waals surface area contributed by atoms with Gasteiger partial charge in [0.15, 0.2) is 0 Å². The molecule has 0 aliphatic carbocycles. The van der Waals surface area contributed by atoms with Crippen molar-refractivity contribution in [2.45, 2.75) is 52.2 Å². The molecule has 2 rings (SSSR count). The van der Waals surface area contributed by atoms with E-state index in [-0.39, 0.29) is 54.5 Å². The van der Waals surface area contributed by atoms with Crippen molar-refractivity contribution in [1.82, 2.24) is 10.2 Å². The molecule has 1 atom stereocenters. The van der Waals surface area contributed by atoms with Crippen molar-refractivity contribution in [3.05, 3.63) is 62.1 Å². The first kappa shape index (κ1) is 30.5. The normalized spacial score (nSPS) is 12.4. The quantitative estimate of drug-likeness (QED) is 0.356. The monoisotopic (exact) mass is 595 g/mol. The predicted octanol–water partition coefficient (Wildman–Crippen LogP) is 5.79. The standard InChI is InChI=1S/C24H29Cl4N3O4S/c1-15(2)29-24(33)16(3)30(14-18-19(26)7-5-8-20(18)27)23(32)9-6-12-31(36(4,34)35)22-13-17(25)10-11-21(22)28/h5,7-8,10-11,13,15-16H,6,9,12,14H2,1-4H3,(H,29,33)/t16-/m1/s1. The summed E-state index contributed by atoms with van der Waals surface area (Å²) in [5, 5.41) is 4.09. The van der Waals surface area contributed by atoms with Gasteiger partial charge in [0.1, 0.15) is 6.04 Å². The van der Waals surface area contributed by atoms with E-state index >= 15 is 0 Å². The molecule has 2 aromatic rings. The van der Waals surface area contributed by atoms with Crippen molar-refractivity contribution < 1.29 is 18.0 Å². The summed E-state index contributed by atoms with van der Waals surface area (Å²) in [5.74, 6) is -0.687. The van der Waals surface area contributed by atoms with E-state index in [1.807, 2.05) is 13.8 Å². The van der Waals surface area contributed by atoms with Crippen LogP contribution in [0, 0.1) is 0 Å². The Bertz CT molecular complexity index is 1190. The summed E-state index contributed by atoms with van der Waals surface area (Å²) in [7, 11) is -3.71. The minimum absolute atomic E-state index is 0.0138. The fraction of sp³-hybridized carbons (Fsp3) is 0.417. The van der Waals surface area contributed by atoms with Crippen molar-refractivity contribution in [3.63, 3.8) is 0 Å². The first-order valence-electron chi connectivity index (χ1n) is 11.2. The molecule has 2 aromatic carbocycles. The molecule has 0 spiro atoms. The topological polar surface area (TPSA) is 86.8 Å². The fourth-order valence-corrected chi connectivity index (χ4v) is 5.42. The second-order valence-electron chi connectivity index (χ2n) is 8.60. The molecule has 0 saturated heterocycles. The Morgan fingerprint density at radius 1 is 0.972 bits per heavy atom. The molecule has 198 valence electrons. The van der Waals surface area contributed by atoms with Gasteiger partial charge in [-0.2, -0.15) is 0 Å². The van der Waals surface area contributed by atoms with Gasteiger partial charge in [0, 0.05) is 46.2 Å². The Labute approximate surface area is 232 Å². The molecule has 0 aromatic heterocycles. The average molecular weight is 597 g/mol. The van der Waals surface area contributed by atoms with Crippen LogP contribution in [0.4, 0.5) is 5.69 Å². The number of rotatable bonds is 11. The summed E-state index contributed by atoms with van der Waals surface area (Å²) in [5.41, 5.74) is 0.741. The van der Waals surface area contributed by atoms with Gasteiger partial charge in [-0.3, -0.25) is 13.9 Å². The maximum absolute atomic E-state index is 13.3. The van der Waals surface area contributed by atoms with Crippen LogP contribution in [-0.2, 0) is 26.2 Å². The van der Waals surface area contributed by atoms with Crippen molar-refractivity contribution >= 4 is 73.9 Å². The third-order valence-electron chi connectivity index (χ3n) is 5.32. The molecule has 12 heteroatoms. The summed E-state index contributed by atoms with van der Waals surface area (Å²) in [6.45, 7) is 5.26. The van der Waals surface area contributed by atoms with Crippen molar-refractivity contribution in [2.75, 3.05) is 17.1 Å². The van der Waals surface area contributed by atoms with Crippen LogP contribution in [0.2, 0.25) is 20.1 Å². The van der Waals surface area contributed by atoms with Gasteiger partial charge in [0.05, 0.1) is 17.0 Å². The van der Waals surface area contributed by atoms with Crippen LogP contribution in [0.25, 0.3) is 0 Å². The highest BCUT2D eigenvalue weighted by Crippen LogP contribution is 2.31. The Morgan fingerprint density at radius 3 is 2.14 bits per heavy atom. The first-order valence-corrected chi connectivity index (χ1v) is 14.5. The lowest BCUT2D eigenvalue weighted by Gasteiger charge is -2.30. The highest BCUT2D eigenvalue weighted by Gasteiger charge is 2.28. The molecule has 1 N–H and O–H groups in total. The molecule has 0 aliphatic rings. The first-order chi connectivity index (χ1) is 16.7.